The Morgan fingerprint density at radius 2 is 1.52 bits per heavy atom. The van der Waals surface area contributed by atoms with Gasteiger partial charge in [0.2, 0.25) is 6.54 Å². The zero-order valence-electron chi connectivity index (χ0n) is 15.0. The summed E-state index contributed by atoms with van der Waals surface area (Å²) in [5.74, 6) is 0.0193. The lowest BCUT2D eigenvalue weighted by Gasteiger charge is -2.22. The number of nitrogens with zero attached hydrogens (tertiary/aromatic N) is 3. The van der Waals surface area contributed by atoms with Crippen molar-refractivity contribution in [1.82, 2.24) is 4.90 Å². The Kier molecular flexibility index (Phi) is 6.30. The van der Waals surface area contributed by atoms with Crippen LogP contribution in [0, 0.1) is 0 Å². The van der Waals surface area contributed by atoms with E-state index in [-0.39, 0.29) is 12.5 Å². The molecule has 0 saturated heterocycles. The molecular weight excluding hydrogens is 338 g/mol. The lowest BCUT2D eigenvalue weighted by atomic mass is 10.1. The van der Waals surface area contributed by atoms with Gasteiger partial charge in [-0.05, 0) is 17.2 Å². The Morgan fingerprint density at radius 3 is 2.07 bits per heavy atom. The van der Waals surface area contributed by atoms with Crippen LogP contribution in [0.1, 0.15) is 16.7 Å². The highest BCUT2D eigenvalue weighted by molar-refractivity contribution is 5.78. The maximum atomic E-state index is 13.0. The highest BCUT2D eigenvalue weighted by atomic mass is 16.4. The molecule has 0 aliphatic heterocycles. The maximum Gasteiger partial charge on any atom is 0.289 e. The largest absolute Gasteiger partial charge is 0.411 e. The van der Waals surface area contributed by atoms with Gasteiger partial charge < -0.3 is 10.1 Å². The summed E-state index contributed by atoms with van der Waals surface area (Å²) in [5, 5.41) is 11.7. The molecule has 1 heterocycles. The van der Waals surface area contributed by atoms with E-state index in [0.717, 1.165) is 16.7 Å². The molecule has 0 bridgehead atoms. The van der Waals surface area contributed by atoms with E-state index in [0.29, 0.717) is 13.1 Å². The van der Waals surface area contributed by atoms with Crippen LogP contribution in [-0.2, 0) is 24.4 Å². The fraction of sp³-hybridized carbons (Fsp3) is 0.136. The number of rotatable bonds is 7. The molecule has 5 heteroatoms. The van der Waals surface area contributed by atoms with Crippen molar-refractivity contribution >= 4 is 12.1 Å². The van der Waals surface area contributed by atoms with Crippen LogP contribution in [0.15, 0.2) is 90.3 Å². The van der Waals surface area contributed by atoms with Crippen LogP contribution in [0.3, 0.4) is 0 Å². The zero-order valence-corrected chi connectivity index (χ0v) is 15.0. The number of hydrogen-bond acceptors (Lipinski definition) is 3. The first kappa shape index (κ1) is 18.3. The normalized spacial score (nSPS) is 10.8. The van der Waals surface area contributed by atoms with Crippen LogP contribution < -0.4 is 4.57 Å². The number of benzene rings is 2. The smallest absolute Gasteiger partial charge is 0.289 e. The van der Waals surface area contributed by atoms with Gasteiger partial charge in [0, 0.05) is 19.2 Å². The van der Waals surface area contributed by atoms with Gasteiger partial charge in [0.15, 0.2) is 12.4 Å². The molecule has 1 N–H and O–H groups in total. The molecular formula is C22H22N3O2+. The quantitative estimate of drug-likeness (QED) is 0.305. The maximum absolute atomic E-state index is 13.0. The molecule has 0 fully saturated rings. The fourth-order valence-electron chi connectivity index (χ4n) is 2.88. The third-order valence-corrected chi connectivity index (χ3v) is 4.19. The second kappa shape index (κ2) is 9.29. The SMILES string of the molecule is O=C(C[n+]1cccc(/C=N\O)c1)N(Cc1ccccc1)Cc1ccccc1. The molecule has 0 radical (unpaired) electrons. The third kappa shape index (κ3) is 5.51. The molecule has 0 aliphatic rings. The summed E-state index contributed by atoms with van der Waals surface area (Å²) in [6, 6.07) is 23.6. The highest BCUT2D eigenvalue weighted by Gasteiger charge is 2.19. The Hall–Kier alpha value is -3.47. The number of carbonyl (C=O) groups excluding carboxylic acids is 1. The van der Waals surface area contributed by atoms with E-state index in [1.165, 1.54) is 6.21 Å². The summed E-state index contributed by atoms with van der Waals surface area (Å²) in [7, 11) is 0. The molecule has 3 rings (SSSR count). The molecule has 3 aromatic rings. The molecule has 0 saturated carbocycles. The summed E-state index contributed by atoms with van der Waals surface area (Å²) in [6.07, 6.45) is 4.95. The topological polar surface area (TPSA) is 56.8 Å². The minimum Gasteiger partial charge on any atom is -0.411 e. The van der Waals surface area contributed by atoms with E-state index in [4.69, 9.17) is 5.21 Å². The van der Waals surface area contributed by atoms with Gasteiger partial charge in [-0.3, -0.25) is 4.79 Å². The molecule has 5 nitrogen and oxygen atoms in total. The van der Waals surface area contributed by atoms with Gasteiger partial charge in [0.25, 0.3) is 5.91 Å². The fourth-order valence-corrected chi connectivity index (χ4v) is 2.88. The van der Waals surface area contributed by atoms with E-state index < -0.39 is 0 Å². The minimum atomic E-state index is 0.0193. The molecule has 136 valence electrons. The number of carbonyl (C=O) groups is 1. The molecule has 1 aromatic heterocycles. The predicted molar refractivity (Wildman–Crippen MR) is 103 cm³/mol. The first-order chi connectivity index (χ1) is 13.2. The van der Waals surface area contributed by atoms with Crippen molar-refractivity contribution in [2.24, 2.45) is 5.16 Å². The standard InChI is InChI=1S/C22H21N3O2/c26-22(18-24-13-7-12-21(15-24)14-23-27)25(16-19-8-3-1-4-9-19)17-20-10-5-2-6-11-20/h1-15H,16-18H2/p+1/b23-14-. The molecule has 0 spiro atoms. The van der Waals surface area contributed by atoms with Gasteiger partial charge in [-0.15, -0.1) is 0 Å². The van der Waals surface area contributed by atoms with Crippen LogP contribution in [-0.4, -0.2) is 22.2 Å². The second-order valence-electron chi connectivity index (χ2n) is 6.28. The average Bonchev–Trinajstić information content (AvgIpc) is 2.70. The highest BCUT2D eigenvalue weighted by Crippen LogP contribution is 2.10. The molecule has 2 aromatic carbocycles. The third-order valence-electron chi connectivity index (χ3n) is 4.19. The summed E-state index contributed by atoms with van der Waals surface area (Å²) in [5.41, 5.74) is 2.91. The minimum absolute atomic E-state index is 0.0193. The molecule has 0 aliphatic carbocycles. The van der Waals surface area contributed by atoms with Crippen LogP contribution in [0.5, 0.6) is 0 Å². The van der Waals surface area contributed by atoms with Crippen LogP contribution in [0.4, 0.5) is 0 Å². The van der Waals surface area contributed by atoms with Crippen LogP contribution >= 0.6 is 0 Å². The Labute approximate surface area is 158 Å². The van der Waals surface area contributed by atoms with Crippen molar-refractivity contribution < 1.29 is 14.6 Å². The van der Waals surface area contributed by atoms with Crippen molar-refractivity contribution in [2.75, 3.05) is 0 Å². The van der Waals surface area contributed by atoms with Crippen molar-refractivity contribution in [2.45, 2.75) is 19.6 Å². The van der Waals surface area contributed by atoms with E-state index >= 15 is 0 Å². The lowest BCUT2D eigenvalue weighted by molar-refractivity contribution is -0.685. The summed E-state index contributed by atoms with van der Waals surface area (Å²) < 4.78 is 1.79. The average molecular weight is 360 g/mol. The number of aromatic nitrogens is 1. The first-order valence-corrected chi connectivity index (χ1v) is 8.77. The number of hydrogen-bond donors (Lipinski definition) is 1. The molecule has 27 heavy (non-hydrogen) atoms. The van der Waals surface area contributed by atoms with Gasteiger partial charge in [-0.1, -0.05) is 65.8 Å². The second-order valence-corrected chi connectivity index (χ2v) is 6.28. The van der Waals surface area contributed by atoms with Crippen molar-refractivity contribution in [1.29, 1.82) is 0 Å². The van der Waals surface area contributed by atoms with Crippen LogP contribution in [0.25, 0.3) is 0 Å². The monoisotopic (exact) mass is 360 g/mol. The Morgan fingerprint density at radius 1 is 0.926 bits per heavy atom. The summed E-state index contributed by atoms with van der Waals surface area (Å²) in [4.78, 5) is 14.9. The van der Waals surface area contributed by atoms with Gasteiger partial charge in [0.05, 0.1) is 11.8 Å². The number of oxime groups is 1. The van der Waals surface area contributed by atoms with Crippen LogP contribution in [0.2, 0.25) is 0 Å². The van der Waals surface area contributed by atoms with Crippen molar-refractivity contribution in [3.05, 3.63) is 102 Å². The predicted octanol–water partition coefficient (Wildman–Crippen LogP) is 3.01. The lowest BCUT2D eigenvalue weighted by Crippen LogP contribution is -2.44. The zero-order chi connectivity index (χ0) is 18.9. The summed E-state index contributed by atoms with van der Waals surface area (Å²) in [6.45, 7) is 1.31. The summed E-state index contributed by atoms with van der Waals surface area (Å²) >= 11 is 0. The van der Waals surface area contributed by atoms with E-state index in [1.807, 2.05) is 83.9 Å². The van der Waals surface area contributed by atoms with Gasteiger partial charge in [-0.25, -0.2) is 0 Å². The first-order valence-electron chi connectivity index (χ1n) is 8.77. The van der Waals surface area contributed by atoms with Gasteiger partial charge >= 0.3 is 0 Å². The number of pyridine rings is 1. The number of amides is 1. The van der Waals surface area contributed by atoms with E-state index in [1.54, 1.807) is 10.8 Å². The van der Waals surface area contributed by atoms with Gasteiger partial charge in [0.1, 0.15) is 0 Å². The molecule has 1 amide bonds. The molecule has 0 unspecified atom stereocenters. The van der Waals surface area contributed by atoms with E-state index in [9.17, 15) is 4.79 Å². The van der Waals surface area contributed by atoms with Crippen molar-refractivity contribution in [3.63, 3.8) is 0 Å². The van der Waals surface area contributed by atoms with E-state index in [2.05, 4.69) is 5.16 Å². The Bertz CT molecular complexity index is 854. The van der Waals surface area contributed by atoms with Gasteiger partial charge in [-0.2, -0.15) is 4.57 Å². The molecule has 0 atom stereocenters. The van der Waals surface area contributed by atoms with Crippen molar-refractivity contribution in [3.8, 4) is 0 Å². The Balaban J connectivity index is 1.78.